The predicted molar refractivity (Wildman–Crippen MR) is 78.6 cm³/mol. The van der Waals surface area contributed by atoms with Gasteiger partial charge in [0, 0.05) is 19.6 Å². The molecule has 0 radical (unpaired) electrons. The van der Waals surface area contributed by atoms with Crippen LogP contribution in [0.4, 0.5) is 0 Å². The molecule has 0 aromatic carbocycles. The third-order valence-electron chi connectivity index (χ3n) is 5.24. The van der Waals surface area contributed by atoms with Gasteiger partial charge >= 0.3 is 5.97 Å². The molecule has 3 aliphatic heterocycles. The smallest absolute Gasteiger partial charge is 0.309 e. The largest absolute Gasteiger partial charge is 0.465 e. The highest BCUT2D eigenvalue weighted by molar-refractivity contribution is 5.87. The second kappa shape index (κ2) is 6.34. The number of rotatable bonds is 3. The topological polar surface area (TPSA) is 49.9 Å². The summed E-state index contributed by atoms with van der Waals surface area (Å²) < 4.78 is 5.03. The van der Waals surface area contributed by atoms with Crippen molar-refractivity contribution in [3.05, 3.63) is 0 Å². The van der Waals surface area contributed by atoms with Crippen LogP contribution < -0.4 is 0 Å². The summed E-state index contributed by atoms with van der Waals surface area (Å²) in [4.78, 5) is 28.6. The lowest BCUT2D eigenvalue weighted by molar-refractivity contribution is -0.142. The van der Waals surface area contributed by atoms with Gasteiger partial charge in [-0.05, 0) is 44.7 Å². The van der Waals surface area contributed by atoms with Gasteiger partial charge in [-0.1, -0.05) is 6.92 Å². The normalized spacial score (nSPS) is 34.2. The van der Waals surface area contributed by atoms with Crippen molar-refractivity contribution in [3.63, 3.8) is 0 Å². The molecular formula is C16H26N2O3. The van der Waals surface area contributed by atoms with E-state index < -0.39 is 0 Å². The molecule has 3 heterocycles. The number of esters is 1. The summed E-state index contributed by atoms with van der Waals surface area (Å²) in [5, 5.41) is 0. The zero-order chi connectivity index (χ0) is 14.8. The third-order valence-corrected chi connectivity index (χ3v) is 5.24. The van der Waals surface area contributed by atoms with Gasteiger partial charge in [-0.15, -0.1) is 0 Å². The molecule has 3 rings (SSSR count). The summed E-state index contributed by atoms with van der Waals surface area (Å²) in [7, 11) is 0. The molecular weight excluding hydrogens is 268 g/mol. The van der Waals surface area contributed by atoms with Gasteiger partial charge < -0.3 is 14.5 Å². The minimum atomic E-state index is -0.281. The fraction of sp³-hybridized carbons (Fsp3) is 0.875. The Bertz CT molecular complexity index is 406. The van der Waals surface area contributed by atoms with E-state index in [-0.39, 0.29) is 30.3 Å². The molecule has 0 N–H and O–H groups in total. The number of carbonyl (C=O) groups excluding carboxylic acids is 2. The molecule has 0 bridgehead atoms. The highest BCUT2D eigenvalue weighted by Crippen LogP contribution is 2.27. The summed E-state index contributed by atoms with van der Waals surface area (Å²) in [6.07, 6.45) is 4.93. The number of ether oxygens (including phenoxy) is 1. The number of nitrogens with zero attached hydrogens (tertiary/aromatic N) is 2. The standard InChI is InChI=1S/C16H26N2O3/c1-12-14(11-21-16(12)20)15(19)18-8-4-5-13(10-18)9-17-6-2-3-7-17/h12-14H,2-11H2,1H3/t12-,13-,14-/m0/s1. The molecule has 0 aliphatic carbocycles. The average Bonchev–Trinajstić information content (AvgIpc) is 3.10. The number of hydrogen-bond acceptors (Lipinski definition) is 4. The van der Waals surface area contributed by atoms with Crippen LogP contribution in [-0.4, -0.2) is 61.0 Å². The Morgan fingerprint density at radius 3 is 2.67 bits per heavy atom. The van der Waals surface area contributed by atoms with Crippen molar-refractivity contribution in [1.29, 1.82) is 0 Å². The number of cyclic esters (lactones) is 1. The zero-order valence-electron chi connectivity index (χ0n) is 12.9. The second-order valence-electron chi connectivity index (χ2n) is 6.83. The maximum absolute atomic E-state index is 12.6. The summed E-state index contributed by atoms with van der Waals surface area (Å²) >= 11 is 0. The fourth-order valence-corrected chi connectivity index (χ4v) is 3.88. The van der Waals surface area contributed by atoms with Crippen LogP contribution in [0.5, 0.6) is 0 Å². The van der Waals surface area contributed by atoms with Crippen LogP contribution in [0.25, 0.3) is 0 Å². The maximum Gasteiger partial charge on any atom is 0.309 e. The summed E-state index contributed by atoms with van der Waals surface area (Å²) in [5.41, 5.74) is 0. The van der Waals surface area contributed by atoms with Gasteiger partial charge in [0.25, 0.3) is 0 Å². The van der Waals surface area contributed by atoms with Gasteiger partial charge in [0.1, 0.15) is 6.61 Å². The van der Waals surface area contributed by atoms with Gasteiger partial charge in [0.2, 0.25) is 5.91 Å². The summed E-state index contributed by atoms with van der Waals surface area (Å²) in [6.45, 7) is 7.33. The minimum Gasteiger partial charge on any atom is -0.465 e. The van der Waals surface area contributed by atoms with Gasteiger partial charge in [-0.3, -0.25) is 9.59 Å². The first-order valence-corrected chi connectivity index (χ1v) is 8.33. The van der Waals surface area contributed by atoms with E-state index in [0.29, 0.717) is 5.92 Å². The maximum atomic E-state index is 12.6. The van der Waals surface area contributed by atoms with Gasteiger partial charge in [-0.2, -0.15) is 0 Å². The van der Waals surface area contributed by atoms with E-state index in [0.717, 1.165) is 26.1 Å². The SMILES string of the molecule is C[C@@H]1C(=O)OC[C@@H]1C(=O)N1CCC[C@@H](CN2CCCC2)C1. The number of likely N-dealkylation sites (tertiary alicyclic amines) is 2. The van der Waals surface area contributed by atoms with Crippen molar-refractivity contribution >= 4 is 11.9 Å². The number of piperidine rings is 1. The van der Waals surface area contributed by atoms with Crippen molar-refractivity contribution in [2.75, 3.05) is 39.3 Å². The van der Waals surface area contributed by atoms with E-state index >= 15 is 0 Å². The lowest BCUT2D eigenvalue weighted by atomic mass is 9.92. The molecule has 3 fully saturated rings. The molecule has 5 heteroatoms. The number of amides is 1. The van der Waals surface area contributed by atoms with Crippen LogP contribution in [-0.2, 0) is 14.3 Å². The fourth-order valence-electron chi connectivity index (χ4n) is 3.88. The first-order chi connectivity index (χ1) is 10.1. The summed E-state index contributed by atoms with van der Waals surface area (Å²) in [6, 6.07) is 0. The van der Waals surface area contributed by atoms with Crippen LogP contribution in [0.2, 0.25) is 0 Å². The molecule has 0 aromatic heterocycles. The molecule has 0 unspecified atom stereocenters. The molecule has 3 atom stereocenters. The quantitative estimate of drug-likeness (QED) is 0.732. The Morgan fingerprint density at radius 1 is 1.24 bits per heavy atom. The molecule has 0 aromatic rings. The predicted octanol–water partition coefficient (Wildman–Crippen LogP) is 1.13. The Morgan fingerprint density at radius 2 is 2.00 bits per heavy atom. The van der Waals surface area contributed by atoms with Crippen molar-refractivity contribution in [2.24, 2.45) is 17.8 Å². The monoisotopic (exact) mass is 294 g/mol. The Labute approximate surface area is 126 Å². The van der Waals surface area contributed by atoms with Crippen LogP contribution in [0.1, 0.15) is 32.6 Å². The zero-order valence-corrected chi connectivity index (χ0v) is 12.9. The first kappa shape index (κ1) is 14.8. The van der Waals surface area contributed by atoms with Crippen LogP contribution in [0.15, 0.2) is 0 Å². The van der Waals surface area contributed by atoms with Crippen molar-refractivity contribution in [2.45, 2.75) is 32.6 Å². The first-order valence-electron chi connectivity index (χ1n) is 8.33. The van der Waals surface area contributed by atoms with Crippen molar-refractivity contribution in [3.8, 4) is 0 Å². The van der Waals surface area contributed by atoms with Crippen LogP contribution in [0.3, 0.4) is 0 Å². The Balaban J connectivity index is 1.55. The lowest BCUT2D eigenvalue weighted by Crippen LogP contribution is -2.46. The van der Waals surface area contributed by atoms with E-state index in [1.807, 2.05) is 11.8 Å². The van der Waals surface area contributed by atoms with E-state index in [4.69, 9.17) is 4.74 Å². The summed E-state index contributed by atoms with van der Waals surface area (Å²) in [5.74, 6) is -0.0490. The van der Waals surface area contributed by atoms with Crippen LogP contribution in [0, 0.1) is 17.8 Å². The Kier molecular flexibility index (Phi) is 4.48. The molecule has 3 aliphatic rings. The minimum absolute atomic E-state index is 0.125. The molecule has 3 saturated heterocycles. The third kappa shape index (κ3) is 3.23. The van der Waals surface area contributed by atoms with E-state index in [1.54, 1.807) is 0 Å². The molecule has 21 heavy (non-hydrogen) atoms. The highest BCUT2D eigenvalue weighted by atomic mass is 16.5. The molecule has 0 saturated carbocycles. The second-order valence-corrected chi connectivity index (χ2v) is 6.83. The van der Waals surface area contributed by atoms with E-state index in [2.05, 4.69) is 4.90 Å². The average molecular weight is 294 g/mol. The van der Waals surface area contributed by atoms with E-state index in [1.165, 1.54) is 32.4 Å². The lowest BCUT2D eigenvalue weighted by Gasteiger charge is -2.36. The van der Waals surface area contributed by atoms with Gasteiger partial charge in [0.15, 0.2) is 0 Å². The molecule has 0 spiro atoms. The van der Waals surface area contributed by atoms with E-state index in [9.17, 15) is 9.59 Å². The molecule has 1 amide bonds. The highest BCUT2D eigenvalue weighted by Gasteiger charge is 2.41. The molecule has 118 valence electrons. The van der Waals surface area contributed by atoms with Crippen molar-refractivity contribution < 1.29 is 14.3 Å². The Hall–Kier alpha value is -1.10. The molecule has 5 nitrogen and oxygen atoms in total. The van der Waals surface area contributed by atoms with Gasteiger partial charge in [0.05, 0.1) is 11.8 Å². The van der Waals surface area contributed by atoms with Crippen LogP contribution >= 0.6 is 0 Å². The van der Waals surface area contributed by atoms with Gasteiger partial charge in [-0.25, -0.2) is 0 Å². The number of carbonyl (C=O) groups is 2. The number of hydrogen-bond donors (Lipinski definition) is 0. The van der Waals surface area contributed by atoms with Crippen molar-refractivity contribution in [1.82, 2.24) is 9.80 Å².